The van der Waals surface area contributed by atoms with Gasteiger partial charge in [0.15, 0.2) is 11.7 Å². The van der Waals surface area contributed by atoms with Crippen LogP contribution >= 0.6 is 0 Å². The summed E-state index contributed by atoms with van der Waals surface area (Å²) in [5, 5.41) is 13.9. The lowest BCUT2D eigenvalue weighted by atomic mass is 9.88. The first kappa shape index (κ1) is 32.7. The van der Waals surface area contributed by atoms with Crippen molar-refractivity contribution in [2.24, 2.45) is 0 Å². The van der Waals surface area contributed by atoms with Gasteiger partial charge in [0.05, 0.1) is 16.7 Å². The van der Waals surface area contributed by atoms with Crippen LogP contribution in [-0.2, 0) is 0 Å². The van der Waals surface area contributed by atoms with Crippen LogP contribution < -0.4 is 0 Å². The maximum atomic E-state index is 9.71. The molecule has 0 N–H and O–H groups in total. The van der Waals surface area contributed by atoms with Gasteiger partial charge in [-0.25, -0.2) is 4.98 Å². The molecule has 0 aliphatic rings. The Morgan fingerprint density at radius 1 is 0.582 bits per heavy atom. The van der Waals surface area contributed by atoms with E-state index in [1.807, 2.05) is 30.3 Å². The minimum Gasteiger partial charge on any atom is -0.456 e. The Morgan fingerprint density at radius 3 is 1.98 bits per heavy atom. The zero-order chi connectivity index (χ0) is 37.4. The Labute approximate surface area is 317 Å². The smallest absolute Gasteiger partial charge is 0.301 e. The summed E-state index contributed by atoms with van der Waals surface area (Å²) in [5.41, 5.74) is 13.5. The standard InChI is InChI=1S/C49H36N4O2/c1-28(2)36-24-34(30-13-7-5-8-14-30)25-37(29(3)4)47(36)53-48-35-18-12-11-15-31(35)19-21-39(48)51-49(53)33-20-22-40-38(23-33)45-41(54-40)26-42-46(52-43(27-50)55-42)44(45)32-16-9-6-10-17-32/h5-26,28-29H,1-4H3. The highest BCUT2D eigenvalue weighted by Gasteiger charge is 2.26. The van der Waals surface area contributed by atoms with Crippen molar-refractivity contribution >= 4 is 54.8 Å². The van der Waals surface area contributed by atoms with Gasteiger partial charge in [0.2, 0.25) is 0 Å². The lowest BCUT2D eigenvalue weighted by molar-refractivity contribution is 0.583. The average Bonchev–Trinajstić information content (AvgIpc) is 3.93. The van der Waals surface area contributed by atoms with Crippen LogP contribution in [0.4, 0.5) is 0 Å². The molecule has 6 nitrogen and oxygen atoms in total. The number of nitriles is 1. The van der Waals surface area contributed by atoms with Crippen LogP contribution in [0.15, 0.2) is 142 Å². The molecular weight excluding hydrogens is 677 g/mol. The molecule has 0 saturated carbocycles. The second kappa shape index (κ2) is 12.6. The number of furan rings is 1. The van der Waals surface area contributed by atoms with E-state index >= 15 is 0 Å². The van der Waals surface area contributed by atoms with Crippen LogP contribution in [0.1, 0.15) is 56.5 Å². The molecule has 0 aliphatic carbocycles. The summed E-state index contributed by atoms with van der Waals surface area (Å²) in [4.78, 5) is 10.1. The number of hydrogen-bond donors (Lipinski definition) is 0. The van der Waals surface area contributed by atoms with Crippen LogP contribution in [0.5, 0.6) is 0 Å². The molecule has 7 aromatic carbocycles. The Kier molecular flexibility index (Phi) is 7.47. The maximum Gasteiger partial charge on any atom is 0.301 e. The van der Waals surface area contributed by atoms with E-state index in [1.165, 1.54) is 27.9 Å². The van der Waals surface area contributed by atoms with Crippen molar-refractivity contribution in [1.29, 1.82) is 5.26 Å². The molecule has 0 aliphatic heterocycles. The van der Waals surface area contributed by atoms with Gasteiger partial charge < -0.3 is 8.83 Å². The summed E-state index contributed by atoms with van der Waals surface area (Å²) >= 11 is 0. The number of nitrogens with zero attached hydrogens (tertiary/aromatic N) is 4. The molecular formula is C49H36N4O2. The largest absolute Gasteiger partial charge is 0.456 e. The molecule has 264 valence electrons. The normalized spacial score (nSPS) is 11.9. The molecule has 3 aromatic heterocycles. The molecule has 0 radical (unpaired) electrons. The molecule has 6 heteroatoms. The van der Waals surface area contributed by atoms with Crippen LogP contribution in [0.3, 0.4) is 0 Å². The van der Waals surface area contributed by atoms with Crippen molar-refractivity contribution in [1.82, 2.24) is 14.5 Å². The zero-order valence-electron chi connectivity index (χ0n) is 31.0. The lowest BCUT2D eigenvalue weighted by Crippen LogP contribution is -2.09. The van der Waals surface area contributed by atoms with Crippen molar-refractivity contribution in [2.45, 2.75) is 39.5 Å². The number of fused-ring (bicyclic) bond motifs is 7. The van der Waals surface area contributed by atoms with E-state index in [2.05, 4.69) is 146 Å². The van der Waals surface area contributed by atoms with Crippen LogP contribution in [0, 0.1) is 11.3 Å². The SMILES string of the molecule is CC(C)c1cc(-c2ccccc2)cc(C(C)C)c1-n1c(-c2ccc3oc4cc5oc(C#N)nc5c(-c5ccccc5)c4c3c2)nc2ccc3ccccc3c21. The first-order valence-corrected chi connectivity index (χ1v) is 18.8. The number of benzene rings is 7. The van der Waals surface area contributed by atoms with Gasteiger partial charge in [0.25, 0.3) is 0 Å². The predicted molar refractivity (Wildman–Crippen MR) is 223 cm³/mol. The molecule has 0 saturated heterocycles. The van der Waals surface area contributed by atoms with Gasteiger partial charge in [-0.2, -0.15) is 10.2 Å². The minimum absolute atomic E-state index is 0.0194. The molecule has 0 fully saturated rings. The topological polar surface area (TPSA) is 80.8 Å². The zero-order valence-corrected chi connectivity index (χ0v) is 31.0. The Balaban J connectivity index is 1.32. The summed E-state index contributed by atoms with van der Waals surface area (Å²) in [6.45, 7) is 9.13. The van der Waals surface area contributed by atoms with Crippen molar-refractivity contribution in [3.8, 4) is 45.4 Å². The summed E-state index contributed by atoms with van der Waals surface area (Å²) in [5.74, 6) is 1.34. The summed E-state index contributed by atoms with van der Waals surface area (Å²) in [6, 6.07) is 48.7. The minimum atomic E-state index is 0.0194. The summed E-state index contributed by atoms with van der Waals surface area (Å²) in [6.07, 6.45) is 0. The van der Waals surface area contributed by atoms with Crippen LogP contribution in [-0.4, -0.2) is 14.5 Å². The molecule has 0 amide bonds. The third kappa shape index (κ3) is 5.15. The van der Waals surface area contributed by atoms with E-state index in [0.29, 0.717) is 16.7 Å². The lowest BCUT2D eigenvalue weighted by Gasteiger charge is -2.24. The van der Waals surface area contributed by atoms with Gasteiger partial charge in [0.1, 0.15) is 22.5 Å². The highest BCUT2D eigenvalue weighted by Crippen LogP contribution is 2.45. The van der Waals surface area contributed by atoms with Gasteiger partial charge in [-0.05, 0) is 81.4 Å². The average molecular weight is 713 g/mol. The van der Waals surface area contributed by atoms with E-state index < -0.39 is 0 Å². The number of imidazole rings is 1. The summed E-state index contributed by atoms with van der Waals surface area (Å²) < 4.78 is 14.8. The molecule has 0 atom stereocenters. The van der Waals surface area contributed by atoms with Gasteiger partial charge >= 0.3 is 5.89 Å². The predicted octanol–water partition coefficient (Wildman–Crippen LogP) is 13.3. The molecule has 10 rings (SSSR count). The van der Waals surface area contributed by atoms with E-state index in [1.54, 1.807) is 0 Å². The maximum absolute atomic E-state index is 9.71. The Morgan fingerprint density at radius 2 is 1.27 bits per heavy atom. The van der Waals surface area contributed by atoms with Crippen molar-refractivity contribution < 1.29 is 8.83 Å². The van der Waals surface area contributed by atoms with Gasteiger partial charge in [-0.1, -0.05) is 119 Å². The monoisotopic (exact) mass is 712 g/mol. The quantitative estimate of drug-likeness (QED) is 0.171. The van der Waals surface area contributed by atoms with E-state index in [9.17, 15) is 5.26 Å². The molecule has 0 bridgehead atoms. The van der Waals surface area contributed by atoms with Crippen molar-refractivity contribution in [3.05, 3.63) is 150 Å². The number of oxazole rings is 1. The summed E-state index contributed by atoms with van der Waals surface area (Å²) in [7, 11) is 0. The van der Waals surface area contributed by atoms with E-state index in [-0.39, 0.29) is 17.7 Å². The third-order valence-corrected chi connectivity index (χ3v) is 10.8. The fraction of sp³-hybridized carbons (Fsp3) is 0.122. The van der Waals surface area contributed by atoms with Crippen molar-refractivity contribution in [3.63, 3.8) is 0 Å². The van der Waals surface area contributed by atoms with Crippen LogP contribution in [0.25, 0.3) is 94.2 Å². The fourth-order valence-electron chi connectivity index (χ4n) is 8.26. The molecule has 0 unspecified atom stereocenters. The second-order valence-corrected chi connectivity index (χ2v) is 14.9. The second-order valence-electron chi connectivity index (χ2n) is 14.9. The highest BCUT2D eigenvalue weighted by atomic mass is 16.4. The third-order valence-electron chi connectivity index (χ3n) is 10.8. The number of aromatic nitrogens is 3. The van der Waals surface area contributed by atoms with Gasteiger partial charge in [-0.15, -0.1) is 0 Å². The molecule has 0 spiro atoms. The van der Waals surface area contributed by atoms with E-state index in [4.69, 9.17) is 13.8 Å². The van der Waals surface area contributed by atoms with Crippen LogP contribution in [0.2, 0.25) is 0 Å². The first-order chi connectivity index (χ1) is 26.9. The van der Waals surface area contributed by atoms with Gasteiger partial charge in [0, 0.05) is 33.4 Å². The first-order valence-electron chi connectivity index (χ1n) is 18.8. The highest BCUT2D eigenvalue weighted by molar-refractivity contribution is 6.19. The molecule has 55 heavy (non-hydrogen) atoms. The van der Waals surface area contributed by atoms with E-state index in [0.717, 1.165) is 60.7 Å². The number of rotatable bonds is 6. The molecule has 10 aromatic rings. The Hall–Kier alpha value is -6.97. The molecule has 3 heterocycles. The van der Waals surface area contributed by atoms with Gasteiger partial charge in [-0.3, -0.25) is 4.57 Å². The fourth-order valence-corrected chi connectivity index (χ4v) is 8.26. The number of hydrogen-bond acceptors (Lipinski definition) is 5. The van der Waals surface area contributed by atoms with Crippen molar-refractivity contribution in [2.75, 3.05) is 0 Å². The Bertz CT molecular complexity index is 3130.